The Balaban J connectivity index is 1.78. The number of amides is 2. The van der Waals surface area contributed by atoms with Crippen LogP contribution in [0.3, 0.4) is 0 Å². The maximum absolute atomic E-state index is 12.8. The average Bonchev–Trinajstić information content (AvgIpc) is 3.19. The van der Waals surface area contributed by atoms with Crippen molar-refractivity contribution in [2.24, 2.45) is 5.73 Å². The zero-order valence-electron chi connectivity index (χ0n) is 13.5. The van der Waals surface area contributed by atoms with Crippen LogP contribution in [0.4, 0.5) is 18.0 Å². The van der Waals surface area contributed by atoms with Gasteiger partial charge in [-0.25, -0.2) is 14.8 Å². The Morgan fingerprint density at radius 3 is 2.85 bits per heavy atom. The number of alkyl halides is 3. The predicted molar refractivity (Wildman–Crippen MR) is 89.6 cm³/mol. The molecule has 3 aromatic rings. The molecule has 4 rings (SSSR count). The first-order chi connectivity index (χ1) is 12.3. The van der Waals surface area contributed by atoms with Crippen LogP contribution in [0.25, 0.3) is 11.0 Å². The lowest BCUT2D eigenvalue weighted by atomic mass is 10.0. The van der Waals surface area contributed by atoms with Gasteiger partial charge in [0.2, 0.25) is 0 Å². The quantitative estimate of drug-likeness (QED) is 0.741. The number of pyridine rings is 1. The van der Waals surface area contributed by atoms with Crippen molar-refractivity contribution in [1.82, 2.24) is 19.4 Å². The van der Waals surface area contributed by atoms with Gasteiger partial charge < -0.3 is 15.2 Å². The van der Waals surface area contributed by atoms with Crippen molar-refractivity contribution in [2.45, 2.75) is 25.7 Å². The van der Waals surface area contributed by atoms with E-state index in [-0.39, 0.29) is 6.54 Å². The van der Waals surface area contributed by atoms with Crippen LogP contribution in [-0.2, 0) is 25.7 Å². The molecule has 10 heteroatoms. The molecule has 0 radical (unpaired) electrons. The van der Waals surface area contributed by atoms with Crippen LogP contribution in [0.15, 0.2) is 24.5 Å². The highest BCUT2D eigenvalue weighted by Crippen LogP contribution is 2.34. The zero-order valence-corrected chi connectivity index (χ0v) is 14.3. The van der Waals surface area contributed by atoms with E-state index in [1.54, 1.807) is 6.20 Å². The molecule has 136 valence electrons. The Hall–Kier alpha value is -2.62. The van der Waals surface area contributed by atoms with Gasteiger partial charge in [-0.2, -0.15) is 13.2 Å². The highest BCUT2D eigenvalue weighted by Gasteiger charge is 2.35. The number of hydrogen-bond acceptors (Lipinski definition) is 4. The Morgan fingerprint density at radius 2 is 2.15 bits per heavy atom. The molecule has 2 amide bonds. The number of hydrogen-bond donors (Lipinski definition) is 1. The fourth-order valence-electron chi connectivity index (χ4n) is 3.29. The number of aromatic nitrogens is 3. The molecule has 6 nitrogen and oxygen atoms in total. The minimum Gasteiger partial charge on any atom is -0.351 e. The monoisotopic (exact) mass is 381 g/mol. The highest BCUT2D eigenvalue weighted by atomic mass is 32.1. The van der Waals surface area contributed by atoms with Gasteiger partial charge in [0.25, 0.3) is 0 Å². The molecule has 0 bridgehead atoms. The average molecular weight is 381 g/mol. The second-order valence-corrected chi connectivity index (χ2v) is 7.14. The SMILES string of the molecule is NC(=O)N1CCc2c(n(Cc3cnc(C(F)(F)F)s3)c3ncccc23)C1. The molecule has 3 aromatic heterocycles. The van der Waals surface area contributed by atoms with Gasteiger partial charge >= 0.3 is 12.2 Å². The molecular formula is C16H14F3N5OS. The van der Waals surface area contributed by atoms with Crippen molar-refractivity contribution in [3.63, 3.8) is 0 Å². The van der Waals surface area contributed by atoms with E-state index in [1.807, 2.05) is 16.7 Å². The maximum Gasteiger partial charge on any atom is 0.443 e. The fraction of sp³-hybridized carbons (Fsp3) is 0.312. The maximum atomic E-state index is 12.8. The van der Waals surface area contributed by atoms with Crippen molar-refractivity contribution in [3.05, 3.63) is 45.7 Å². The van der Waals surface area contributed by atoms with E-state index in [2.05, 4.69) is 9.97 Å². The van der Waals surface area contributed by atoms with Crippen LogP contribution in [0, 0.1) is 0 Å². The summed E-state index contributed by atoms with van der Waals surface area (Å²) in [4.78, 5) is 21.4. The second-order valence-electron chi connectivity index (χ2n) is 6.03. The lowest BCUT2D eigenvalue weighted by Gasteiger charge is -2.26. The molecule has 0 aliphatic carbocycles. The Labute approximate surface area is 150 Å². The minimum absolute atomic E-state index is 0.212. The van der Waals surface area contributed by atoms with Gasteiger partial charge in [-0.15, -0.1) is 11.3 Å². The number of rotatable bonds is 2. The van der Waals surface area contributed by atoms with Gasteiger partial charge in [0.15, 0.2) is 5.01 Å². The standard InChI is InChI=1S/C16H14F3N5OS/c17-16(18,19)14-22-6-9(26-14)7-24-12-8-23(15(20)25)5-3-10(12)11-2-1-4-21-13(11)24/h1-2,4,6H,3,5,7-8H2,(H2,20,25). The molecular weight excluding hydrogens is 367 g/mol. The molecule has 1 aliphatic rings. The van der Waals surface area contributed by atoms with Crippen LogP contribution in [0.2, 0.25) is 0 Å². The number of nitrogens with two attached hydrogens (primary N) is 1. The van der Waals surface area contributed by atoms with Gasteiger partial charge in [-0.3, -0.25) is 0 Å². The molecule has 26 heavy (non-hydrogen) atoms. The van der Waals surface area contributed by atoms with Crippen LogP contribution in [0.5, 0.6) is 0 Å². The molecule has 4 heterocycles. The molecule has 0 saturated carbocycles. The lowest BCUT2D eigenvalue weighted by molar-refractivity contribution is -0.137. The van der Waals surface area contributed by atoms with E-state index in [9.17, 15) is 18.0 Å². The minimum atomic E-state index is -4.46. The number of nitrogens with zero attached hydrogens (tertiary/aromatic N) is 4. The van der Waals surface area contributed by atoms with Gasteiger partial charge in [-0.1, -0.05) is 0 Å². The van der Waals surface area contributed by atoms with Gasteiger partial charge in [0, 0.05) is 34.9 Å². The third-order valence-electron chi connectivity index (χ3n) is 4.44. The topological polar surface area (TPSA) is 77.0 Å². The van der Waals surface area contributed by atoms with Crippen molar-refractivity contribution < 1.29 is 18.0 Å². The van der Waals surface area contributed by atoms with Crippen molar-refractivity contribution >= 4 is 28.4 Å². The van der Waals surface area contributed by atoms with Crippen LogP contribution >= 0.6 is 11.3 Å². The van der Waals surface area contributed by atoms with Crippen molar-refractivity contribution in [1.29, 1.82) is 0 Å². The van der Waals surface area contributed by atoms with Crippen LogP contribution in [0.1, 0.15) is 21.1 Å². The van der Waals surface area contributed by atoms with E-state index in [0.29, 0.717) is 41.4 Å². The Morgan fingerprint density at radius 1 is 1.35 bits per heavy atom. The van der Waals surface area contributed by atoms with E-state index < -0.39 is 17.2 Å². The largest absolute Gasteiger partial charge is 0.443 e. The van der Waals surface area contributed by atoms with E-state index in [0.717, 1.165) is 16.6 Å². The predicted octanol–water partition coefficient (Wildman–Crippen LogP) is 3.00. The summed E-state index contributed by atoms with van der Waals surface area (Å²) in [6.07, 6.45) is -0.945. The molecule has 0 aromatic carbocycles. The van der Waals surface area contributed by atoms with Crippen molar-refractivity contribution in [3.8, 4) is 0 Å². The van der Waals surface area contributed by atoms with Gasteiger partial charge in [0.1, 0.15) is 5.65 Å². The molecule has 1 aliphatic heterocycles. The highest BCUT2D eigenvalue weighted by molar-refractivity contribution is 7.11. The molecule has 0 unspecified atom stereocenters. The number of primary amides is 1. The first-order valence-corrected chi connectivity index (χ1v) is 8.67. The lowest BCUT2D eigenvalue weighted by Crippen LogP contribution is -2.40. The normalized spacial score (nSPS) is 14.7. The summed E-state index contributed by atoms with van der Waals surface area (Å²) in [5, 5.41) is 0.0803. The summed E-state index contributed by atoms with van der Waals surface area (Å²) in [6.45, 7) is 1.03. The van der Waals surface area contributed by atoms with E-state index in [4.69, 9.17) is 5.73 Å². The summed E-state index contributed by atoms with van der Waals surface area (Å²) < 4.78 is 40.3. The number of urea groups is 1. The fourth-order valence-corrected chi connectivity index (χ4v) is 4.05. The smallest absolute Gasteiger partial charge is 0.351 e. The third kappa shape index (κ3) is 2.79. The van der Waals surface area contributed by atoms with Gasteiger partial charge in [-0.05, 0) is 24.1 Å². The zero-order chi connectivity index (χ0) is 18.5. The molecule has 2 N–H and O–H groups in total. The van der Waals surface area contributed by atoms with Crippen LogP contribution < -0.4 is 5.73 Å². The number of thiazole rings is 1. The number of carbonyl (C=O) groups is 1. The summed E-state index contributed by atoms with van der Waals surface area (Å²) in [5.74, 6) is 0. The first-order valence-electron chi connectivity index (χ1n) is 7.86. The van der Waals surface area contributed by atoms with E-state index in [1.165, 1.54) is 11.1 Å². The molecule has 0 fully saturated rings. The second kappa shape index (κ2) is 5.97. The number of halogens is 3. The summed E-state index contributed by atoms with van der Waals surface area (Å²) >= 11 is 0.614. The number of fused-ring (bicyclic) bond motifs is 3. The third-order valence-corrected chi connectivity index (χ3v) is 5.46. The Kier molecular flexibility index (Phi) is 3.87. The molecule has 0 saturated heterocycles. The van der Waals surface area contributed by atoms with Gasteiger partial charge in [0.05, 0.1) is 13.1 Å². The Bertz CT molecular complexity index is 994. The summed E-state index contributed by atoms with van der Waals surface area (Å²) in [5.41, 5.74) is 8.00. The van der Waals surface area contributed by atoms with E-state index >= 15 is 0 Å². The van der Waals surface area contributed by atoms with Crippen LogP contribution in [-0.4, -0.2) is 32.0 Å². The molecule has 0 spiro atoms. The number of carbonyl (C=O) groups excluding carboxylic acids is 1. The molecule has 0 atom stereocenters. The first kappa shape index (κ1) is 16.8. The summed E-state index contributed by atoms with van der Waals surface area (Å²) in [6, 6.07) is 3.24. The van der Waals surface area contributed by atoms with Crippen molar-refractivity contribution in [2.75, 3.05) is 6.54 Å². The summed E-state index contributed by atoms with van der Waals surface area (Å²) in [7, 11) is 0.